The average Bonchev–Trinajstić information content (AvgIpc) is 2.30. The molecule has 2 aliphatic rings. The summed E-state index contributed by atoms with van der Waals surface area (Å²) in [4.78, 5) is 14.3. The van der Waals surface area contributed by atoms with Gasteiger partial charge in [0.05, 0.1) is 0 Å². The van der Waals surface area contributed by atoms with Gasteiger partial charge < -0.3 is 4.90 Å². The molecule has 0 bridgehead atoms. The van der Waals surface area contributed by atoms with Crippen LogP contribution in [0.4, 0.5) is 0 Å². The highest BCUT2D eigenvalue weighted by Gasteiger charge is 2.24. The Morgan fingerprint density at radius 2 is 1.88 bits per heavy atom. The molecule has 0 spiro atoms. The molecule has 2 nitrogen and oxygen atoms in total. The maximum absolute atomic E-state index is 12.1. The fourth-order valence-corrected chi connectivity index (χ4v) is 3.18. The van der Waals surface area contributed by atoms with Gasteiger partial charge in [0.1, 0.15) is 0 Å². The molecule has 92 valence electrons. The van der Waals surface area contributed by atoms with Crippen LogP contribution in [0.25, 0.3) is 0 Å². The number of likely N-dealkylation sites (tertiary alicyclic amines) is 1. The normalized spacial score (nSPS) is 28.1. The first-order chi connectivity index (χ1) is 7.75. The van der Waals surface area contributed by atoms with Crippen molar-refractivity contribution >= 4 is 5.91 Å². The summed E-state index contributed by atoms with van der Waals surface area (Å²) >= 11 is 0. The summed E-state index contributed by atoms with van der Waals surface area (Å²) in [5.41, 5.74) is 0. The van der Waals surface area contributed by atoms with Gasteiger partial charge >= 0.3 is 0 Å². The predicted octanol–water partition coefficient (Wildman–Crippen LogP) is 3.22. The minimum Gasteiger partial charge on any atom is -0.342 e. The number of carbonyl (C=O) groups excluding carboxylic acids is 1. The molecule has 1 amide bonds. The van der Waals surface area contributed by atoms with Crippen LogP contribution in [0, 0.1) is 11.8 Å². The van der Waals surface area contributed by atoms with Gasteiger partial charge in [-0.3, -0.25) is 4.79 Å². The summed E-state index contributed by atoms with van der Waals surface area (Å²) < 4.78 is 0. The smallest absolute Gasteiger partial charge is 0.222 e. The maximum Gasteiger partial charge on any atom is 0.222 e. The second kappa shape index (κ2) is 5.70. The molecule has 1 atom stereocenters. The first kappa shape index (κ1) is 11.9. The number of amides is 1. The van der Waals surface area contributed by atoms with Gasteiger partial charge in [-0.05, 0) is 37.5 Å². The van der Waals surface area contributed by atoms with Crippen LogP contribution in [0.2, 0.25) is 0 Å². The van der Waals surface area contributed by atoms with Crippen molar-refractivity contribution in [2.75, 3.05) is 13.1 Å². The van der Waals surface area contributed by atoms with E-state index < -0.39 is 0 Å². The molecule has 0 aromatic rings. The molecule has 1 heterocycles. The molecular weight excluding hydrogens is 198 g/mol. The summed E-state index contributed by atoms with van der Waals surface area (Å²) in [7, 11) is 0. The van der Waals surface area contributed by atoms with E-state index in [0.717, 1.165) is 19.5 Å². The van der Waals surface area contributed by atoms with Gasteiger partial charge in [0, 0.05) is 19.5 Å². The van der Waals surface area contributed by atoms with Gasteiger partial charge in [0.2, 0.25) is 5.91 Å². The number of carbonyl (C=O) groups is 1. The van der Waals surface area contributed by atoms with Crippen molar-refractivity contribution in [3.63, 3.8) is 0 Å². The summed E-state index contributed by atoms with van der Waals surface area (Å²) in [6.07, 6.45) is 9.97. The summed E-state index contributed by atoms with van der Waals surface area (Å²) in [6, 6.07) is 0. The molecule has 0 aromatic heterocycles. The zero-order valence-corrected chi connectivity index (χ0v) is 10.6. The van der Waals surface area contributed by atoms with E-state index in [1.54, 1.807) is 0 Å². The van der Waals surface area contributed by atoms with Crippen LogP contribution in [0.1, 0.15) is 58.3 Å². The van der Waals surface area contributed by atoms with E-state index in [9.17, 15) is 4.79 Å². The third kappa shape index (κ3) is 3.23. The van der Waals surface area contributed by atoms with Crippen molar-refractivity contribution in [3.8, 4) is 0 Å². The van der Waals surface area contributed by atoms with Crippen LogP contribution in [0.15, 0.2) is 0 Å². The van der Waals surface area contributed by atoms with Crippen LogP contribution in [-0.4, -0.2) is 23.9 Å². The molecule has 0 unspecified atom stereocenters. The Hall–Kier alpha value is -0.530. The van der Waals surface area contributed by atoms with Crippen LogP contribution in [-0.2, 0) is 4.79 Å². The van der Waals surface area contributed by atoms with E-state index in [0.29, 0.717) is 17.7 Å². The van der Waals surface area contributed by atoms with Crippen LogP contribution in [0.3, 0.4) is 0 Å². The van der Waals surface area contributed by atoms with E-state index in [2.05, 4.69) is 11.8 Å². The fourth-order valence-electron chi connectivity index (χ4n) is 3.18. The topological polar surface area (TPSA) is 20.3 Å². The zero-order valence-electron chi connectivity index (χ0n) is 10.6. The van der Waals surface area contributed by atoms with Crippen LogP contribution in [0.5, 0.6) is 0 Å². The van der Waals surface area contributed by atoms with Gasteiger partial charge in [-0.2, -0.15) is 0 Å². The first-order valence-electron chi connectivity index (χ1n) is 7.03. The highest BCUT2D eigenvalue weighted by molar-refractivity contribution is 5.76. The Morgan fingerprint density at radius 3 is 2.56 bits per heavy atom. The zero-order chi connectivity index (χ0) is 11.4. The second-order valence-corrected chi connectivity index (χ2v) is 5.80. The summed E-state index contributed by atoms with van der Waals surface area (Å²) in [6.45, 7) is 4.28. The predicted molar refractivity (Wildman–Crippen MR) is 66.2 cm³/mol. The molecule has 1 saturated carbocycles. The van der Waals surface area contributed by atoms with E-state index in [1.165, 1.54) is 44.9 Å². The number of nitrogens with zero attached hydrogens (tertiary/aromatic N) is 1. The number of hydrogen-bond acceptors (Lipinski definition) is 1. The van der Waals surface area contributed by atoms with E-state index in [1.807, 2.05) is 0 Å². The number of piperidine rings is 1. The highest BCUT2D eigenvalue weighted by Crippen LogP contribution is 2.27. The Kier molecular flexibility index (Phi) is 4.25. The van der Waals surface area contributed by atoms with Gasteiger partial charge in [-0.15, -0.1) is 0 Å². The van der Waals surface area contributed by atoms with Gasteiger partial charge in [-0.25, -0.2) is 0 Å². The largest absolute Gasteiger partial charge is 0.342 e. The molecule has 2 rings (SSSR count). The summed E-state index contributed by atoms with van der Waals surface area (Å²) in [5, 5.41) is 0. The molecular formula is C14H25NO. The monoisotopic (exact) mass is 223 g/mol. The molecule has 0 radical (unpaired) electrons. The lowest BCUT2D eigenvalue weighted by Gasteiger charge is -2.32. The Labute approximate surface area is 99.4 Å². The lowest BCUT2D eigenvalue weighted by Crippen LogP contribution is -2.39. The number of rotatable bonds is 2. The van der Waals surface area contributed by atoms with Gasteiger partial charge in [-0.1, -0.05) is 26.2 Å². The molecule has 2 heteroatoms. The Bertz CT molecular complexity index is 233. The van der Waals surface area contributed by atoms with Gasteiger partial charge in [0.25, 0.3) is 0 Å². The quantitative estimate of drug-likeness (QED) is 0.704. The lowest BCUT2D eigenvalue weighted by atomic mass is 9.86. The highest BCUT2D eigenvalue weighted by atomic mass is 16.2. The summed E-state index contributed by atoms with van der Waals surface area (Å²) in [5.74, 6) is 1.83. The van der Waals surface area contributed by atoms with E-state index in [4.69, 9.17) is 0 Å². The van der Waals surface area contributed by atoms with Crippen LogP contribution >= 0.6 is 0 Å². The molecule has 1 aliphatic carbocycles. The first-order valence-corrected chi connectivity index (χ1v) is 7.03. The molecule has 1 aliphatic heterocycles. The molecule has 1 saturated heterocycles. The molecule has 0 N–H and O–H groups in total. The van der Waals surface area contributed by atoms with Crippen molar-refractivity contribution in [1.29, 1.82) is 0 Å². The molecule has 16 heavy (non-hydrogen) atoms. The van der Waals surface area contributed by atoms with E-state index in [-0.39, 0.29) is 0 Å². The van der Waals surface area contributed by atoms with Crippen molar-refractivity contribution in [2.45, 2.75) is 58.3 Å². The fraction of sp³-hybridized carbons (Fsp3) is 0.929. The lowest BCUT2D eigenvalue weighted by molar-refractivity contribution is -0.134. The standard InChI is InChI=1S/C14H25NO/c1-12-6-5-9-15(11-12)14(16)10-13-7-3-2-4-8-13/h12-13H,2-11H2,1H3/t12-/m0/s1. The molecule has 0 aromatic carbocycles. The van der Waals surface area contributed by atoms with Crippen molar-refractivity contribution in [2.24, 2.45) is 11.8 Å². The average molecular weight is 223 g/mol. The minimum absolute atomic E-state index is 0.429. The Balaban J connectivity index is 1.77. The number of hydrogen-bond donors (Lipinski definition) is 0. The van der Waals surface area contributed by atoms with Crippen molar-refractivity contribution in [1.82, 2.24) is 4.90 Å². The van der Waals surface area contributed by atoms with E-state index >= 15 is 0 Å². The second-order valence-electron chi connectivity index (χ2n) is 5.80. The minimum atomic E-state index is 0.429. The van der Waals surface area contributed by atoms with Gasteiger partial charge in [0.15, 0.2) is 0 Å². The Morgan fingerprint density at radius 1 is 1.12 bits per heavy atom. The van der Waals surface area contributed by atoms with Crippen LogP contribution < -0.4 is 0 Å². The SMILES string of the molecule is C[C@H]1CCCN(C(=O)CC2CCCCC2)C1. The third-order valence-electron chi connectivity index (χ3n) is 4.20. The molecule has 2 fully saturated rings. The van der Waals surface area contributed by atoms with Crippen molar-refractivity contribution in [3.05, 3.63) is 0 Å². The maximum atomic E-state index is 12.1. The van der Waals surface area contributed by atoms with Crippen molar-refractivity contribution < 1.29 is 4.79 Å². The third-order valence-corrected chi connectivity index (χ3v) is 4.20.